The van der Waals surface area contributed by atoms with Crippen molar-refractivity contribution in [3.8, 4) is 0 Å². The number of hydrogen-bond donors (Lipinski definition) is 0. The molecule has 0 aromatic carbocycles. The van der Waals surface area contributed by atoms with Gasteiger partial charge in [-0.2, -0.15) is 0 Å². The van der Waals surface area contributed by atoms with Gasteiger partial charge in [-0.05, 0) is 69.1 Å². The number of rotatable bonds is 5. The summed E-state index contributed by atoms with van der Waals surface area (Å²) in [5.41, 5.74) is -0.203. The van der Waals surface area contributed by atoms with Gasteiger partial charge in [0.05, 0.1) is 12.5 Å². The third kappa shape index (κ3) is 3.52. The molecule has 5 fully saturated rings. The monoisotopic (exact) mass is 349 g/mol. The summed E-state index contributed by atoms with van der Waals surface area (Å²) >= 11 is 0. The molecule has 5 nitrogen and oxygen atoms in total. The molecule has 4 bridgehead atoms. The predicted octanol–water partition coefficient (Wildman–Crippen LogP) is 3.76. The van der Waals surface area contributed by atoms with Crippen LogP contribution >= 0.6 is 0 Å². The van der Waals surface area contributed by atoms with E-state index in [0.29, 0.717) is 26.1 Å². The van der Waals surface area contributed by atoms with Gasteiger partial charge in [0.25, 0.3) is 0 Å². The summed E-state index contributed by atoms with van der Waals surface area (Å²) < 4.78 is 11.4. The van der Waals surface area contributed by atoms with E-state index in [1.807, 2.05) is 0 Å². The molecule has 1 heterocycles. The predicted molar refractivity (Wildman–Crippen MR) is 92.9 cm³/mol. The minimum absolute atomic E-state index is 0.154. The Morgan fingerprint density at radius 1 is 1.08 bits per heavy atom. The summed E-state index contributed by atoms with van der Waals surface area (Å²) in [6.45, 7) is 3.63. The molecule has 0 radical (unpaired) electrons. The molecule has 1 atom stereocenters. The van der Waals surface area contributed by atoms with Gasteiger partial charge < -0.3 is 14.4 Å². The van der Waals surface area contributed by atoms with Crippen LogP contribution in [0.5, 0.6) is 0 Å². The fraction of sp³-hybridized carbons (Fsp3) is 0.900. The normalized spacial score (nSPS) is 38.8. The number of unbranched alkanes of at least 4 members (excludes halogenated alkanes) is 1. The number of esters is 1. The molecule has 0 aromatic rings. The maximum atomic E-state index is 12.7. The number of hydrogen-bond acceptors (Lipinski definition) is 4. The number of carbonyl (C=O) groups is 2. The zero-order valence-electron chi connectivity index (χ0n) is 15.4. The van der Waals surface area contributed by atoms with Crippen LogP contribution < -0.4 is 0 Å². The van der Waals surface area contributed by atoms with E-state index in [2.05, 4.69) is 6.92 Å². The fourth-order valence-corrected chi connectivity index (χ4v) is 5.96. The first-order valence-corrected chi connectivity index (χ1v) is 10.2. The highest BCUT2D eigenvalue weighted by molar-refractivity contribution is 5.75. The van der Waals surface area contributed by atoms with E-state index in [4.69, 9.17) is 9.47 Å². The Morgan fingerprint density at radius 3 is 2.32 bits per heavy atom. The molecule has 25 heavy (non-hydrogen) atoms. The molecule has 5 heteroatoms. The summed E-state index contributed by atoms with van der Waals surface area (Å²) in [5.74, 6) is 1.95. The van der Waals surface area contributed by atoms with Gasteiger partial charge in [-0.1, -0.05) is 13.3 Å². The second kappa shape index (κ2) is 6.81. The Hall–Kier alpha value is -1.26. The maximum absolute atomic E-state index is 12.7. The van der Waals surface area contributed by atoms with E-state index in [1.165, 1.54) is 19.3 Å². The Balaban J connectivity index is 1.30. The van der Waals surface area contributed by atoms with Crippen molar-refractivity contribution in [3.05, 3.63) is 0 Å². The Labute approximate surface area is 150 Å². The molecular formula is C20H31NO4. The molecule has 1 unspecified atom stereocenters. The maximum Gasteiger partial charge on any atom is 0.410 e. The molecule has 5 aliphatic rings. The van der Waals surface area contributed by atoms with Crippen LogP contribution in [0.2, 0.25) is 0 Å². The molecule has 140 valence electrons. The third-order valence-electron chi connectivity index (χ3n) is 6.81. The Bertz CT molecular complexity index is 497. The molecule has 5 rings (SSSR count). The molecule has 4 aliphatic carbocycles. The van der Waals surface area contributed by atoms with Crippen molar-refractivity contribution in [2.45, 2.75) is 70.3 Å². The van der Waals surface area contributed by atoms with E-state index in [1.54, 1.807) is 4.90 Å². The summed E-state index contributed by atoms with van der Waals surface area (Å²) in [5, 5.41) is 0. The zero-order valence-corrected chi connectivity index (χ0v) is 15.4. The highest BCUT2D eigenvalue weighted by Gasteiger charge is 2.53. The molecule has 1 saturated heterocycles. The molecular weight excluding hydrogens is 318 g/mol. The highest BCUT2D eigenvalue weighted by atomic mass is 16.6. The molecule has 0 aromatic heterocycles. The van der Waals surface area contributed by atoms with Crippen molar-refractivity contribution < 1.29 is 19.1 Å². The van der Waals surface area contributed by atoms with Crippen molar-refractivity contribution in [1.82, 2.24) is 4.90 Å². The smallest absolute Gasteiger partial charge is 0.410 e. The summed E-state index contributed by atoms with van der Waals surface area (Å²) in [6.07, 6.45) is 9.60. The van der Waals surface area contributed by atoms with Gasteiger partial charge in [0.15, 0.2) is 0 Å². The summed E-state index contributed by atoms with van der Waals surface area (Å²) in [7, 11) is 0. The van der Waals surface area contributed by atoms with Gasteiger partial charge in [0, 0.05) is 13.1 Å². The summed E-state index contributed by atoms with van der Waals surface area (Å²) in [4.78, 5) is 26.5. The van der Waals surface area contributed by atoms with Crippen LogP contribution in [-0.4, -0.2) is 42.3 Å². The number of nitrogens with zero attached hydrogens (tertiary/aromatic N) is 1. The lowest BCUT2D eigenvalue weighted by Gasteiger charge is -2.55. The SMILES string of the molecule is CCCCOC(=O)C1CCN(C(=O)OC23CC4CC(CC(C4)C2)C3)C1. The minimum Gasteiger partial charge on any atom is -0.465 e. The lowest BCUT2D eigenvalue weighted by molar-refractivity contribution is -0.148. The Morgan fingerprint density at radius 2 is 1.72 bits per heavy atom. The van der Waals surface area contributed by atoms with Gasteiger partial charge in [-0.25, -0.2) is 4.79 Å². The fourth-order valence-electron chi connectivity index (χ4n) is 5.96. The van der Waals surface area contributed by atoms with Gasteiger partial charge in [0.2, 0.25) is 0 Å². The summed E-state index contributed by atoms with van der Waals surface area (Å²) in [6, 6.07) is 0. The van der Waals surface area contributed by atoms with E-state index < -0.39 is 0 Å². The Kier molecular flexibility index (Phi) is 4.67. The van der Waals surface area contributed by atoms with E-state index >= 15 is 0 Å². The van der Waals surface area contributed by atoms with Crippen LogP contribution in [0.3, 0.4) is 0 Å². The van der Waals surface area contributed by atoms with Crippen molar-refractivity contribution in [2.24, 2.45) is 23.7 Å². The quantitative estimate of drug-likeness (QED) is 0.560. The van der Waals surface area contributed by atoms with Crippen molar-refractivity contribution >= 4 is 12.1 Å². The van der Waals surface area contributed by atoms with Crippen LogP contribution in [0.1, 0.15) is 64.7 Å². The average molecular weight is 349 g/mol. The van der Waals surface area contributed by atoms with E-state index in [-0.39, 0.29) is 23.6 Å². The standard InChI is InChI=1S/C20H31NO4/c1-2-3-6-24-18(22)17-4-5-21(13-17)19(23)25-20-10-14-7-15(11-20)9-16(8-14)12-20/h14-17H,2-13H2,1H3. The largest absolute Gasteiger partial charge is 0.465 e. The number of amides is 1. The van der Waals surface area contributed by atoms with E-state index in [0.717, 1.165) is 49.9 Å². The molecule has 0 spiro atoms. The lowest BCUT2D eigenvalue weighted by atomic mass is 9.54. The first-order chi connectivity index (χ1) is 12.1. The third-order valence-corrected chi connectivity index (χ3v) is 6.81. The molecule has 4 saturated carbocycles. The van der Waals surface area contributed by atoms with Crippen molar-refractivity contribution in [3.63, 3.8) is 0 Å². The van der Waals surface area contributed by atoms with Crippen molar-refractivity contribution in [1.29, 1.82) is 0 Å². The number of carbonyl (C=O) groups excluding carboxylic acids is 2. The van der Waals surface area contributed by atoms with Crippen molar-refractivity contribution in [2.75, 3.05) is 19.7 Å². The van der Waals surface area contributed by atoms with E-state index in [9.17, 15) is 9.59 Å². The average Bonchev–Trinajstić information content (AvgIpc) is 3.03. The molecule has 0 N–H and O–H groups in total. The van der Waals surface area contributed by atoms with Crippen LogP contribution in [-0.2, 0) is 14.3 Å². The van der Waals surface area contributed by atoms with Crippen LogP contribution in [0.25, 0.3) is 0 Å². The first-order valence-electron chi connectivity index (χ1n) is 10.2. The minimum atomic E-state index is -0.203. The topological polar surface area (TPSA) is 55.8 Å². The van der Waals surface area contributed by atoms with Gasteiger partial charge >= 0.3 is 12.1 Å². The second-order valence-corrected chi connectivity index (χ2v) is 8.92. The van der Waals surface area contributed by atoms with Crippen LogP contribution in [0.4, 0.5) is 4.79 Å². The van der Waals surface area contributed by atoms with Gasteiger partial charge in [-0.15, -0.1) is 0 Å². The number of ether oxygens (including phenoxy) is 2. The highest BCUT2D eigenvalue weighted by Crippen LogP contribution is 2.57. The lowest BCUT2D eigenvalue weighted by Crippen LogP contribution is -2.54. The second-order valence-electron chi connectivity index (χ2n) is 8.92. The van der Waals surface area contributed by atoms with Gasteiger partial charge in [0.1, 0.15) is 5.60 Å². The first kappa shape index (κ1) is 17.2. The number of likely N-dealkylation sites (tertiary alicyclic amines) is 1. The zero-order chi connectivity index (χ0) is 17.4. The molecule has 1 aliphatic heterocycles. The molecule has 1 amide bonds. The van der Waals surface area contributed by atoms with Crippen LogP contribution in [0.15, 0.2) is 0 Å². The van der Waals surface area contributed by atoms with Gasteiger partial charge in [-0.3, -0.25) is 4.79 Å². The van der Waals surface area contributed by atoms with Crippen LogP contribution in [0, 0.1) is 23.7 Å².